The fourth-order valence-corrected chi connectivity index (χ4v) is 1.53. The molecule has 0 N–H and O–H groups in total. The Hall–Kier alpha value is -0.970. The van der Waals surface area contributed by atoms with Gasteiger partial charge >= 0.3 is 0 Å². The smallest absolute Gasteiger partial charge is 0.225 e. The number of amides is 1. The van der Waals surface area contributed by atoms with Gasteiger partial charge in [-0.25, -0.2) is 0 Å². The van der Waals surface area contributed by atoms with Crippen LogP contribution in [0.15, 0.2) is 0 Å². The lowest BCUT2D eigenvalue weighted by molar-refractivity contribution is -0.131. The van der Waals surface area contributed by atoms with Gasteiger partial charge in [0.05, 0.1) is 0 Å². The third-order valence-electron chi connectivity index (χ3n) is 2.59. The van der Waals surface area contributed by atoms with Crippen LogP contribution >= 0.6 is 0 Å². The van der Waals surface area contributed by atoms with Crippen LogP contribution in [0.1, 0.15) is 39.5 Å². The topological polar surface area (TPSA) is 20.3 Å². The van der Waals surface area contributed by atoms with E-state index in [-0.39, 0.29) is 0 Å². The van der Waals surface area contributed by atoms with E-state index in [1.54, 1.807) is 0 Å². The Labute approximate surface area is 86.7 Å². The second-order valence-corrected chi connectivity index (χ2v) is 3.81. The summed E-state index contributed by atoms with van der Waals surface area (Å²) in [4.78, 5) is 13.4. The molecule has 2 aliphatic rings. The molecule has 1 saturated heterocycles. The molecule has 0 aromatic heterocycles. The van der Waals surface area contributed by atoms with E-state index < -0.39 is 0 Å². The SMILES string of the molecule is CC#CC.O=C(C1CC1)N1CCCC1. The van der Waals surface area contributed by atoms with Gasteiger partial charge in [0.1, 0.15) is 0 Å². The molecule has 2 fully saturated rings. The predicted octanol–water partition coefficient (Wildman–Crippen LogP) is 2.05. The van der Waals surface area contributed by atoms with E-state index in [4.69, 9.17) is 0 Å². The summed E-state index contributed by atoms with van der Waals surface area (Å²) >= 11 is 0. The Kier molecular flexibility index (Phi) is 4.52. The highest BCUT2D eigenvalue weighted by Gasteiger charge is 2.33. The van der Waals surface area contributed by atoms with Crippen LogP contribution in [0.4, 0.5) is 0 Å². The molecule has 0 radical (unpaired) electrons. The molecule has 1 aliphatic carbocycles. The molecular weight excluding hydrogens is 174 g/mol. The van der Waals surface area contributed by atoms with E-state index in [1.165, 1.54) is 12.8 Å². The lowest BCUT2D eigenvalue weighted by atomic mass is 10.3. The van der Waals surface area contributed by atoms with Crippen LogP contribution in [0.25, 0.3) is 0 Å². The Bertz CT molecular complexity index is 233. The summed E-state index contributed by atoms with van der Waals surface area (Å²) < 4.78 is 0. The first-order valence-corrected chi connectivity index (χ1v) is 5.42. The Balaban J connectivity index is 0.000000213. The van der Waals surface area contributed by atoms with Gasteiger partial charge in [-0.05, 0) is 39.5 Å². The van der Waals surface area contributed by atoms with Crippen molar-refractivity contribution < 1.29 is 4.79 Å². The summed E-state index contributed by atoms with van der Waals surface area (Å²) in [6.45, 7) is 5.69. The molecule has 0 unspecified atom stereocenters. The first-order chi connectivity index (χ1) is 6.79. The zero-order valence-electron chi connectivity index (χ0n) is 9.18. The van der Waals surface area contributed by atoms with E-state index in [0.717, 1.165) is 25.9 Å². The van der Waals surface area contributed by atoms with E-state index in [2.05, 4.69) is 11.8 Å². The van der Waals surface area contributed by atoms with Crippen LogP contribution in [0.2, 0.25) is 0 Å². The second kappa shape index (κ2) is 5.70. The minimum Gasteiger partial charge on any atom is -0.342 e. The number of hydrogen-bond donors (Lipinski definition) is 0. The van der Waals surface area contributed by atoms with Crippen LogP contribution in [0.5, 0.6) is 0 Å². The summed E-state index contributed by atoms with van der Waals surface area (Å²) in [6, 6.07) is 0. The monoisotopic (exact) mass is 193 g/mol. The fraction of sp³-hybridized carbons (Fsp3) is 0.750. The minimum atomic E-state index is 0.428. The third kappa shape index (κ3) is 3.41. The lowest BCUT2D eigenvalue weighted by Crippen LogP contribution is -2.28. The average molecular weight is 193 g/mol. The minimum absolute atomic E-state index is 0.428. The highest BCUT2D eigenvalue weighted by molar-refractivity contribution is 5.81. The normalized spacial score (nSPS) is 19.1. The van der Waals surface area contributed by atoms with Crippen LogP contribution in [0.3, 0.4) is 0 Å². The van der Waals surface area contributed by atoms with Gasteiger partial charge in [-0.2, -0.15) is 0 Å². The molecule has 14 heavy (non-hydrogen) atoms. The molecule has 1 saturated carbocycles. The second-order valence-electron chi connectivity index (χ2n) is 3.81. The van der Waals surface area contributed by atoms with Crippen molar-refractivity contribution in [3.63, 3.8) is 0 Å². The summed E-state index contributed by atoms with van der Waals surface area (Å²) in [7, 11) is 0. The Morgan fingerprint density at radius 3 is 2.00 bits per heavy atom. The molecule has 0 spiro atoms. The molecule has 1 aliphatic heterocycles. The quantitative estimate of drug-likeness (QED) is 0.584. The van der Waals surface area contributed by atoms with Gasteiger partial charge in [0, 0.05) is 19.0 Å². The van der Waals surface area contributed by atoms with Crippen LogP contribution < -0.4 is 0 Å². The molecule has 1 amide bonds. The van der Waals surface area contributed by atoms with Gasteiger partial charge < -0.3 is 4.90 Å². The van der Waals surface area contributed by atoms with Crippen molar-refractivity contribution in [1.82, 2.24) is 4.90 Å². The first-order valence-electron chi connectivity index (χ1n) is 5.42. The maximum absolute atomic E-state index is 11.3. The summed E-state index contributed by atoms with van der Waals surface area (Å²) in [5.41, 5.74) is 0. The lowest BCUT2D eigenvalue weighted by Gasteiger charge is -2.13. The Morgan fingerprint density at radius 1 is 1.14 bits per heavy atom. The molecule has 78 valence electrons. The first kappa shape index (κ1) is 11.1. The standard InChI is InChI=1S/C8H13NO.C4H6/c10-8(7-3-4-7)9-5-1-2-6-9;1-3-4-2/h7H,1-6H2;1-2H3. The highest BCUT2D eigenvalue weighted by Crippen LogP contribution is 2.31. The van der Waals surface area contributed by atoms with Crippen molar-refractivity contribution >= 4 is 5.91 Å². The van der Waals surface area contributed by atoms with E-state index in [0.29, 0.717) is 11.8 Å². The van der Waals surface area contributed by atoms with E-state index in [1.807, 2.05) is 18.7 Å². The van der Waals surface area contributed by atoms with Crippen molar-refractivity contribution in [1.29, 1.82) is 0 Å². The molecule has 0 atom stereocenters. The van der Waals surface area contributed by atoms with Crippen LogP contribution in [0, 0.1) is 17.8 Å². The number of rotatable bonds is 1. The van der Waals surface area contributed by atoms with Crippen molar-refractivity contribution in [2.45, 2.75) is 39.5 Å². The van der Waals surface area contributed by atoms with Crippen molar-refractivity contribution in [2.24, 2.45) is 5.92 Å². The maximum atomic E-state index is 11.3. The molecule has 2 heteroatoms. The number of nitrogens with zero attached hydrogens (tertiary/aromatic N) is 1. The van der Waals surface area contributed by atoms with Gasteiger partial charge in [-0.1, -0.05) is 0 Å². The molecule has 0 aromatic rings. The van der Waals surface area contributed by atoms with Gasteiger partial charge in [-0.3, -0.25) is 4.79 Å². The number of carbonyl (C=O) groups is 1. The van der Waals surface area contributed by atoms with Crippen molar-refractivity contribution in [2.75, 3.05) is 13.1 Å². The maximum Gasteiger partial charge on any atom is 0.225 e. The number of hydrogen-bond acceptors (Lipinski definition) is 1. The zero-order valence-corrected chi connectivity index (χ0v) is 9.18. The van der Waals surface area contributed by atoms with E-state index >= 15 is 0 Å². The number of likely N-dealkylation sites (tertiary alicyclic amines) is 1. The Morgan fingerprint density at radius 2 is 1.64 bits per heavy atom. The molecule has 1 heterocycles. The van der Waals surface area contributed by atoms with Gasteiger partial charge in [0.15, 0.2) is 0 Å². The molecule has 2 rings (SSSR count). The van der Waals surface area contributed by atoms with Gasteiger partial charge in [0.2, 0.25) is 5.91 Å². The van der Waals surface area contributed by atoms with E-state index in [9.17, 15) is 4.79 Å². The summed E-state index contributed by atoms with van der Waals surface area (Å²) in [5.74, 6) is 6.22. The third-order valence-corrected chi connectivity index (χ3v) is 2.59. The van der Waals surface area contributed by atoms with Crippen molar-refractivity contribution in [3.8, 4) is 11.8 Å². The number of carbonyl (C=O) groups excluding carboxylic acids is 1. The zero-order chi connectivity index (χ0) is 10.4. The largest absolute Gasteiger partial charge is 0.342 e. The van der Waals surface area contributed by atoms with Gasteiger partial charge in [0.25, 0.3) is 0 Å². The van der Waals surface area contributed by atoms with Crippen molar-refractivity contribution in [3.05, 3.63) is 0 Å². The summed E-state index contributed by atoms with van der Waals surface area (Å²) in [6.07, 6.45) is 4.74. The summed E-state index contributed by atoms with van der Waals surface area (Å²) in [5, 5.41) is 0. The van der Waals surface area contributed by atoms with Gasteiger partial charge in [-0.15, -0.1) is 11.8 Å². The average Bonchev–Trinajstić information content (AvgIpc) is 2.93. The fourth-order valence-electron chi connectivity index (χ4n) is 1.53. The molecular formula is C12H19NO. The van der Waals surface area contributed by atoms with Crippen LogP contribution in [-0.4, -0.2) is 23.9 Å². The molecule has 0 bridgehead atoms. The molecule has 0 aromatic carbocycles. The highest BCUT2D eigenvalue weighted by atomic mass is 16.2. The van der Waals surface area contributed by atoms with Crippen LogP contribution in [-0.2, 0) is 4.79 Å². The molecule has 2 nitrogen and oxygen atoms in total. The predicted molar refractivity (Wildman–Crippen MR) is 57.7 cm³/mol.